The third-order valence-electron chi connectivity index (χ3n) is 3.07. The average molecular weight is 238 g/mol. The fourth-order valence-electron chi connectivity index (χ4n) is 1.24. The molecule has 5 nitrogen and oxygen atoms in total. The fourth-order valence-corrected chi connectivity index (χ4v) is 1.24. The van der Waals surface area contributed by atoms with Crippen LogP contribution in [0.3, 0.4) is 0 Å². The Labute approximate surface area is 103 Å². The van der Waals surface area contributed by atoms with Gasteiger partial charge in [0.25, 0.3) is 0 Å². The molecule has 0 aliphatic rings. The van der Waals surface area contributed by atoms with E-state index in [-0.39, 0.29) is 5.54 Å². The highest BCUT2D eigenvalue weighted by molar-refractivity contribution is 5.44. The number of nitrogens with two attached hydrogens (primary N) is 1. The Morgan fingerprint density at radius 3 is 2.53 bits per heavy atom. The predicted molar refractivity (Wildman–Crippen MR) is 69.1 cm³/mol. The summed E-state index contributed by atoms with van der Waals surface area (Å²) in [7, 11) is 4.05. The third kappa shape index (κ3) is 3.30. The number of nitrogen functional groups attached to an aromatic ring is 1. The van der Waals surface area contributed by atoms with Crippen molar-refractivity contribution in [2.24, 2.45) is 0 Å². The van der Waals surface area contributed by atoms with E-state index in [2.05, 4.69) is 28.7 Å². The van der Waals surface area contributed by atoms with Crippen molar-refractivity contribution >= 4 is 5.82 Å². The van der Waals surface area contributed by atoms with Gasteiger partial charge in [0.05, 0.1) is 5.56 Å². The number of aromatic nitrogens is 2. The van der Waals surface area contributed by atoms with Crippen molar-refractivity contribution < 1.29 is 4.74 Å². The SMILES string of the molecule is CCc1c(N)ncnc1OCC(C)(C)N(C)C. The Bertz CT molecular complexity index is 377. The molecule has 96 valence electrons. The quantitative estimate of drug-likeness (QED) is 0.838. The molecule has 0 spiro atoms. The van der Waals surface area contributed by atoms with Gasteiger partial charge in [-0.05, 0) is 34.4 Å². The van der Waals surface area contributed by atoms with Gasteiger partial charge in [-0.1, -0.05) is 6.92 Å². The van der Waals surface area contributed by atoms with Gasteiger partial charge >= 0.3 is 0 Å². The lowest BCUT2D eigenvalue weighted by atomic mass is 10.1. The molecule has 0 aromatic carbocycles. The van der Waals surface area contributed by atoms with Gasteiger partial charge in [0.1, 0.15) is 18.8 Å². The van der Waals surface area contributed by atoms with E-state index in [0.29, 0.717) is 18.3 Å². The Kier molecular flexibility index (Phi) is 4.28. The zero-order chi connectivity index (χ0) is 13.1. The number of nitrogens with zero attached hydrogens (tertiary/aromatic N) is 3. The van der Waals surface area contributed by atoms with E-state index in [0.717, 1.165) is 12.0 Å². The van der Waals surface area contributed by atoms with Gasteiger partial charge in [-0.2, -0.15) is 0 Å². The van der Waals surface area contributed by atoms with Crippen molar-refractivity contribution in [1.29, 1.82) is 0 Å². The van der Waals surface area contributed by atoms with Crippen molar-refractivity contribution in [2.75, 3.05) is 26.4 Å². The lowest BCUT2D eigenvalue weighted by Gasteiger charge is -2.32. The van der Waals surface area contributed by atoms with Gasteiger partial charge in [-0.15, -0.1) is 0 Å². The Morgan fingerprint density at radius 2 is 2.00 bits per heavy atom. The highest BCUT2D eigenvalue weighted by atomic mass is 16.5. The number of ether oxygens (including phenoxy) is 1. The summed E-state index contributed by atoms with van der Waals surface area (Å²) in [4.78, 5) is 10.2. The molecule has 0 aliphatic carbocycles. The van der Waals surface area contributed by atoms with Crippen molar-refractivity contribution in [3.05, 3.63) is 11.9 Å². The summed E-state index contributed by atoms with van der Waals surface area (Å²) in [6.45, 7) is 6.80. The summed E-state index contributed by atoms with van der Waals surface area (Å²) in [6.07, 6.45) is 2.21. The second-order valence-electron chi connectivity index (χ2n) is 4.89. The van der Waals surface area contributed by atoms with Crippen molar-refractivity contribution in [2.45, 2.75) is 32.7 Å². The minimum atomic E-state index is -0.0509. The molecule has 0 saturated heterocycles. The first-order chi connectivity index (χ1) is 7.88. The second kappa shape index (κ2) is 5.31. The standard InChI is InChI=1S/C12H22N4O/c1-6-9-10(13)14-8-15-11(9)17-7-12(2,3)16(4)5/h8H,6-7H2,1-5H3,(H2,13,14,15). The summed E-state index contributed by atoms with van der Waals surface area (Å²) < 4.78 is 5.76. The lowest BCUT2D eigenvalue weighted by Crippen LogP contribution is -2.43. The molecule has 0 radical (unpaired) electrons. The Balaban J connectivity index is 2.79. The lowest BCUT2D eigenvalue weighted by molar-refractivity contribution is 0.110. The van der Waals surface area contributed by atoms with Crippen LogP contribution in [-0.4, -0.2) is 41.1 Å². The summed E-state index contributed by atoms with van der Waals surface area (Å²) in [5, 5.41) is 0. The van der Waals surface area contributed by atoms with Gasteiger partial charge in [0, 0.05) is 5.54 Å². The molecular formula is C12H22N4O. The monoisotopic (exact) mass is 238 g/mol. The van der Waals surface area contributed by atoms with Crippen LogP contribution in [0.1, 0.15) is 26.3 Å². The zero-order valence-electron chi connectivity index (χ0n) is 11.3. The van der Waals surface area contributed by atoms with Gasteiger partial charge in [-0.3, -0.25) is 0 Å². The number of anilines is 1. The van der Waals surface area contributed by atoms with E-state index in [1.807, 2.05) is 21.0 Å². The minimum Gasteiger partial charge on any atom is -0.475 e. The van der Waals surface area contributed by atoms with E-state index in [4.69, 9.17) is 10.5 Å². The van der Waals surface area contributed by atoms with Crippen molar-refractivity contribution in [3.8, 4) is 5.88 Å². The number of hydrogen-bond donors (Lipinski definition) is 1. The molecule has 1 aromatic rings. The van der Waals surface area contributed by atoms with E-state index in [9.17, 15) is 0 Å². The highest BCUT2D eigenvalue weighted by Crippen LogP contribution is 2.21. The van der Waals surface area contributed by atoms with E-state index in [1.165, 1.54) is 6.33 Å². The molecule has 1 aromatic heterocycles. The Hall–Kier alpha value is -1.36. The maximum absolute atomic E-state index is 5.79. The highest BCUT2D eigenvalue weighted by Gasteiger charge is 2.22. The first-order valence-electron chi connectivity index (χ1n) is 5.78. The first kappa shape index (κ1) is 13.7. The molecule has 0 amide bonds. The van der Waals surface area contributed by atoms with E-state index >= 15 is 0 Å². The number of rotatable bonds is 5. The Morgan fingerprint density at radius 1 is 1.35 bits per heavy atom. The van der Waals surface area contributed by atoms with Crippen molar-refractivity contribution in [1.82, 2.24) is 14.9 Å². The zero-order valence-corrected chi connectivity index (χ0v) is 11.3. The summed E-state index contributed by atoms with van der Waals surface area (Å²) in [6, 6.07) is 0. The molecular weight excluding hydrogens is 216 g/mol. The molecule has 0 atom stereocenters. The maximum Gasteiger partial charge on any atom is 0.221 e. The first-order valence-corrected chi connectivity index (χ1v) is 5.78. The second-order valence-corrected chi connectivity index (χ2v) is 4.89. The van der Waals surface area contributed by atoms with Crippen LogP contribution < -0.4 is 10.5 Å². The van der Waals surface area contributed by atoms with Crippen LogP contribution >= 0.6 is 0 Å². The predicted octanol–water partition coefficient (Wildman–Crippen LogP) is 1.34. The molecule has 1 rings (SSSR count). The van der Waals surface area contributed by atoms with Crippen LogP contribution in [0.2, 0.25) is 0 Å². The van der Waals surface area contributed by atoms with Crippen LogP contribution in [0, 0.1) is 0 Å². The molecule has 2 N–H and O–H groups in total. The van der Waals surface area contributed by atoms with Crippen LogP contribution in [0.15, 0.2) is 6.33 Å². The van der Waals surface area contributed by atoms with Crippen LogP contribution in [0.25, 0.3) is 0 Å². The smallest absolute Gasteiger partial charge is 0.221 e. The van der Waals surface area contributed by atoms with E-state index in [1.54, 1.807) is 0 Å². The average Bonchev–Trinajstić information content (AvgIpc) is 2.26. The fraction of sp³-hybridized carbons (Fsp3) is 0.667. The van der Waals surface area contributed by atoms with Crippen LogP contribution in [0.4, 0.5) is 5.82 Å². The van der Waals surface area contributed by atoms with Gasteiger partial charge in [0.15, 0.2) is 0 Å². The number of hydrogen-bond acceptors (Lipinski definition) is 5. The van der Waals surface area contributed by atoms with Gasteiger partial charge < -0.3 is 15.4 Å². The minimum absolute atomic E-state index is 0.0509. The van der Waals surface area contributed by atoms with Crippen molar-refractivity contribution in [3.63, 3.8) is 0 Å². The van der Waals surface area contributed by atoms with Crippen LogP contribution in [-0.2, 0) is 6.42 Å². The third-order valence-corrected chi connectivity index (χ3v) is 3.07. The molecule has 0 fully saturated rings. The van der Waals surface area contributed by atoms with Crippen LogP contribution in [0.5, 0.6) is 5.88 Å². The maximum atomic E-state index is 5.79. The summed E-state index contributed by atoms with van der Waals surface area (Å²) >= 11 is 0. The summed E-state index contributed by atoms with van der Waals surface area (Å²) in [5.41, 5.74) is 6.62. The molecule has 17 heavy (non-hydrogen) atoms. The molecule has 0 aliphatic heterocycles. The van der Waals surface area contributed by atoms with Gasteiger partial charge in [-0.25, -0.2) is 9.97 Å². The van der Waals surface area contributed by atoms with Gasteiger partial charge in [0.2, 0.25) is 5.88 Å². The normalized spacial score (nSPS) is 11.9. The molecule has 0 saturated carbocycles. The summed E-state index contributed by atoms with van der Waals surface area (Å²) in [5.74, 6) is 1.09. The van der Waals surface area contributed by atoms with E-state index < -0.39 is 0 Å². The topological polar surface area (TPSA) is 64.3 Å². The molecule has 5 heteroatoms. The molecule has 0 unspecified atom stereocenters. The molecule has 0 bridgehead atoms. The number of likely N-dealkylation sites (N-methyl/N-ethyl adjacent to an activating group) is 1. The largest absolute Gasteiger partial charge is 0.475 e. The molecule has 1 heterocycles.